The van der Waals surface area contributed by atoms with Crippen LogP contribution in [0.25, 0.3) is 10.9 Å². The van der Waals surface area contributed by atoms with Gasteiger partial charge in [0, 0.05) is 10.9 Å². The number of hydrogen-bond donors (Lipinski definition) is 1. The number of fused-ring (bicyclic) bond motifs is 1. The highest BCUT2D eigenvalue weighted by Gasteiger charge is 2.09. The number of nitrogens with one attached hydrogen (secondary N) is 1. The first-order valence-corrected chi connectivity index (χ1v) is 5.01. The number of hydrogen-bond acceptors (Lipinski definition) is 2. The van der Waals surface area contributed by atoms with Gasteiger partial charge < -0.3 is 8.05 Å². The zero-order chi connectivity index (χ0) is 10.1. The van der Waals surface area contributed by atoms with Crippen LogP contribution >= 0.6 is 23.0 Å². The fourth-order valence-electron chi connectivity index (χ4n) is 1.40. The van der Waals surface area contributed by atoms with Crippen LogP contribution in [0.1, 0.15) is 16.1 Å². The summed E-state index contributed by atoms with van der Waals surface area (Å²) in [6, 6.07) is 7.77. The van der Waals surface area contributed by atoms with Crippen LogP contribution in [0.5, 0.6) is 0 Å². The van der Waals surface area contributed by atoms with Gasteiger partial charge >= 0.3 is 5.97 Å². The van der Waals surface area contributed by atoms with Gasteiger partial charge in [-0.15, -0.1) is 0 Å². The van der Waals surface area contributed by atoms with Crippen molar-refractivity contribution in [2.45, 2.75) is 6.92 Å². The van der Waals surface area contributed by atoms with Crippen LogP contribution in [0.2, 0.25) is 0 Å². The minimum Gasteiger partial charge on any atom is -0.390 e. The fraction of sp³-hybridized carbons (Fsp3) is 0.100. The molecular formula is C10H8INO2. The fourth-order valence-corrected chi connectivity index (χ4v) is 1.64. The van der Waals surface area contributed by atoms with Crippen molar-refractivity contribution in [1.29, 1.82) is 0 Å². The molecule has 1 N–H and O–H groups in total. The van der Waals surface area contributed by atoms with Crippen molar-refractivity contribution in [3.63, 3.8) is 0 Å². The molecule has 0 atom stereocenters. The van der Waals surface area contributed by atoms with Gasteiger partial charge in [-0.1, -0.05) is 11.6 Å². The Morgan fingerprint density at radius 1 is 1.43 bits per heavy atom. The zero-order valence-corrected chi connectivity index (χ0v) is 9.66. The Morgan fingerprint density at radius 3 is 2.93 bits per heavy atom. The highest BCUT2D eigenvalue weighted by atomic mass is 127. The van der Waals surface area contributed by atoms with Gasteiger partial charge in [-0.25, -0.2) is 4.79 Å². The van der Waals surface area contributed by atoms with Crippen LogP contribution in [-0.4, -0.2) is 11.0 Å². The molecule has 1 aromatic carbocycles. The zero-order valence-electron chi connectivity index (χ0n) is 7.50. The van der Waals surface area contributed by atoms with Gasteiger partial charge in [0.2, 0.25) is 0 Å². The predicted molar refractivity (Wildman–Crippen MR) is 62.5 cm³/mol. The minimum atomic E-state index is -0.348. The van der Waals surface area contributed by atoms with E-state index in [2.05, 4.69) is 8.05 Å². The van der Waals surface area contributed by atoms with E-state index >= 15 is 0 Å². The maximum atomic E-state index is 11.2. The van der Waals surface area contributed by atoms with Gasteiger partial charge in [0.15, 0.2) is 23.0 Å². The number of aryl methyl sites for hydroxylation is 1. The molecule has 3 nitrogen and oxygen atoms in total. The lowest BCUT2D eigenvalue weighted by Crippen LogP contribution is -1.96. The maximum Gasteiger partial charge on any atom is 0.364 e. The van der Waals surface area contributed by atoms with E-state index in [1.54, 1.807) is 29.1 Å². The van der Waals surface area contributed by atoms with Crippen molar-refractivity contribution < 1.29 is 7.86 Å². The Kier molecular flexibility index (Phi) is 2.45. The van der Waals surface area contributed by atoms with E-state index in [9.17, 15) is 4.79 Å². The number of benzene rings is 1. The normalized spacial score (nSPS) is 10.4. The molecule has 72 valence electrons. The van der Waals surface area contributed by atoms with Crippen molar-refractivity contribution in [2.24, 2.45) is 0 Å². The summed E-state index contributed by atoms with van der Waals surface area (Å²) >= 11 is 1.58. The molecule has 0 radical (unpaired) electrons. The molecule has 4 heteroatoms. The summed E-state index contributed by atoms with van der Waals surface area (Å²) in [5, 5.41) is 1.03. The Labute approximate surface area is 95.1 Å². The van der Waals surface area contributed by atoms with E-state index in [0.717, 1.165) is 10.9 Å². The van der Waals surface area contributed by atoms with Crippen LogP contribution in [0.4, 0.5) is 0 Å². The van der Waals surface area contributed by atoms with E-state index in [-0.39, 0.29) is 5.97 Å². The molecule has 0 aliphatic carbocycles. The van der Waals surface area contributed by atoms with Crippen molar-refractivity contribution in [2.75, 3.05) is 0 Å². The van der Waals surface area contributed by atoms with Crippen LogP contribution in [0.15, 0.2) is 24.3 Å². The first-order valence-electron chi connectivity index (χ1n) is 4.13. The highest BCUT2D eigenvalue weighted by Crippen LogP contribution is 2.17. The monoisotopic (exact) mass is 301 g/mol. The van der Waals surface area contributed by atoms with Crippen LogP contribution in [0, 0.1) is 6.92 Å². The number of aromatic amines is 1. The van der Waals surface area contributed by atoms with Crippen molar-refractivity contribution in [3.8, 4) is 0 Å². The van der Waals surface area contributed by atoms with E-state index in [4.69, 9.17) is 0 Å². The standard InChI is InChI=1S/C10H8INO2/c1-6-2-3-8-7(4-6)5-9(12-8)10(13)14-11/h2-5,12H,1H3. The van der Waals surface area contributed by atoms with Crippen molar-refractivity contribution in [1.82, 2.24) is 4.98 Å². The first kappa shape index (κ1) is 9.51. The molecule has 14 heavy (non-hydrogen) atoms. The third kappa shape index (κ3) is 1.61. The molecule has 0 saturated heterocycles. The van der Waals surface area contributed by atoms with Gasteiger partial charge in [0.25, 0.3) is 0 Å². The quantitative estimate of drug-likeness (QED) is 0.823. The Hall–Kier alpha value is -1.04. The molecule has 1 heterocycles. The summed E-state index contributed by atoms with van der Waals surface area (Å²) in [5.74, 6) is -0.348. The smallest absolute Gasteiger partial charge is 0.364 e. The van der Waals surface area contributed by atoms with Gasteiger partial charge in [-0.2, -0.15) is 0 Å². The molecule has 0 unspecified atom stereocenters. The van der Waals surface area contributed by atoms with E-state index in [1.807, 2.05) is 25.1 Å². The van der Waals surface area contributed by atoms with Gasteiger partial charge in [-0.05, 0) is 25.1 Å². The van der Waals surface area contributed by atoms with Crippen LogP contribution < -0.4 is 0 Å². The molecule has 0 spiro atoms. The van der Waals surface area contributed by atoms with E-state index < -0.39 is 0 Å². The molecule has 2 aromatic rings. The lowest BCUT2D eigenvalue weighted by Gasteiger charge is -1.90. The van der Waals surface area contributed by atoms with Gasteiger partial charge in [-0.3, -0.25) is 0 Å². The highest BCUT2D eigenvalue weighted by molar-refractivity contribution is 14.1. The van der Waals surface area contributed by atoms with Crippen LogP contribution in [-0.2, 0) is 3.07 Å². The second-order valence-electron chi connectivity index (χ2n) is 3.14. The second-order valence-corrected chi connectivity index (χ2v) is 3.58. The molecule has 0 fully saturated rings. The lowest BCUT2D eigenvalue weighted by atomic mass is 10.2. The topological polar surface area (TPSA) is 42.1 Å². The molecule has 2 rings (SSSR count). The molecule has 0 saturated carbocycles. The van der Waals surface area contributed by atoms with E-state index in [1.165, 1.54) is 5.56 Å². The Bertz CT molecular complexity index is 490. The molecule has 0 aliphatic heterocycles. The third-order valence-electron chi connectivity index (χ3n) is 2.07. The number of rotatable bonds is 1. The van der Waals surface area contributed by atoms with Gasteiger partial charge in [0.1, 0.15) is 5.69 Å². The molecular weight excluding hydrogens is 293 g/mol. The van der Waals surface area contributed by atoms with Crippen molar-refractivity contribution >= 4 is 39.9 Å². The molecule has 0 aliphatic rings. The van der Waals surface area contributed by atoms with Gasteiger partial charge in [0.05, 0.1) is 0 Å². The number of halogens is 1. The molecule has 0 bridgehead atoms. The Balaban J connectivity index is 2.56. The summed E-state index contributed by atoms with van der Waals surface area (Å²) in [6.45, 7) is 2.02. The first-order chi connectivity index (χ1) is 6.70. The summed E-state index contributed by atoms with van der Waals surface area (Å²) < 4.78 is 4.60. The number of H-pyrrole nitrogens is 1. The van der Waals surface area contributed by atoms with Crippen molar-refractivity contribution in [3.05, 3.63) is 35.5 Å². The SMILES string of the molecule is Cc1ccc2[nH]c(C(=O)OI)cc2c1. The largest absolute Gasteiger partial charge is 0.390 e. The summed E-state index contributed by atoms with van der Waals surface area (Å²) in [7, 11) is 0. The van der Waals surface area contributed by atoms with Crippen LogP contribution in [0.3, 0.4) is 0 Å². The molecule has 1 aromatic heterocycles. The summed E-state index contributed by atoms with van der Waals surface area (Å²) in [5.41, 5.74) is 2.61. The van der Waals surface area contributed by atoms with E-state index in [0.29, 0.717) is 5.69 Å². The average molecular weight is 301 g/mol. The average Bonchev–Trinajstić information content (AvgIpc) is 2.59. The lowest BCUT2D eigenvalue weighted by molar-refractivity contribution is 0.0795. The molecule has 0 amide bonds. The minimum absolute atomic E-state index is 0.348. The summed E-state index contributed by atoms with van der Waals surface area (Å²) in [4.78, 5) is 14.2. The third-order valence-corrected chi connectivity index (χ3v) is 2.47. The Morgan fingerprint density at radius 2 is 2.21 bits per heavy atom. The predicted octanol–water partition coefficient (Wildman–Crippen LogP) is 2.98. The number of carbonyl (C=O) groups excluding carboxylic acids is 1. The number of aromatic nitrogens is 1. The number of carbonyl (C=O) groups is 1. The summed E-state index contributed by atoms with van der Waals surface area (Å²) in [6.07, 6.45) is 0. The second kappa shape index (κ2) is 3.61. The maximum absolute atomic E-state index is 11.2.